The maximum atomic E-state index is 6.07. The van der Waals surface area contributed by atoms with Crippen molar-refractivity contribution in [2.45, 2.75) is 110 Å². The minimum Gasteiger partial charge on any atom is -0.378 e. The van der Waals surface area contributed by atoms with E-state index in [1.165, 1.54) is 89.9 Å². The Labute approximate surface area is 151 Å². The van der Waals surface area contributed by atoms with Crippen LogP contribution in [0.25, 0.3) is 0 Å². The van der Waals surface area contributed by atoms with Gasteiger partial charge in [-0.2, -0.15) is 0 Å². The molecule has 2 rings (SSSR count). The number of ether oxygens (including phenoxy) is 1. The van der Waals surface area contributed by atoms with E-state index in [1.807, 2.05) is 0 Å². The van der Waals surface area contributed by atoms with E-state index in [0.29, 0.717) is 6.10 Å². The first-order valence-corrected chi connectivity index (χ1v) is 11.1. The molecule has 0 aliphatic heterocycles. The minimum absolute atomic E-state index is 0.582. The number of allylic oxidation sites excluding steroid dienone is 2. The van der Waals surface area contributed by atoms with Crippen molar-refractivity contribution in [2.24, 2.45) is 17.8 Å². The molecule has 0 amide bonds. The Morgan fingerprint density at radius 3 is 2.00 bits per heavy atom. The molecule has 0 aromatic carbocycles. The summed E-state index contributed by atoms with van der Waals surface area (Å²) < 4.78 is 6.07. The summed E-state index contributed by atoms with van der Waals surface area (Å²) in [5, 5.41) is 0. The molecule has 24 heavy (non-hydrogen) atoms. The van der Waals surface area contributed by atoms with Crippen LogP contribution in [0.15, 0.2) is 12.2 Å². The SMILES string of the molecule is CCC=CC1CCC(CCC2CCC(OCCCCC)CC2)CC1. The molecule has 2 saturated carbocycles. The first-order valence-electron chi connectivity index (χ1n) is 11.1. The first kappa shape index (κ1) is 20.0. The lowest BCUT2D eigenvalue weighted by Crippen LogP contribution is -2.23. The highest BCUT2D eigenvalue weighted by Gasteiger charge is 2.24. The van der Waals surface area contributed by atoms with Crippen LogP contribution in [0, 0.1) is 17.8 Å². The summed E-state index contributed by atoms with van der Waals surface area (Å²) in [6.45, 7) is 5.51. The van der Waals surface area contributed by atoms with Crippen molar-refractivity contribution < 1.29 is 4.74 Å². The van der Waals surface area contributed by atoms with Crippen molar-refractivity contribution in [3.05, 3.63) is 12.2 Å². The van der Waals surface area contributed by atoms with Crippen LogP contribution < -0.4 is 0 Å². The van der Waals surface area contributed by atoms with Gasteiger partial charge in [-0.15, -0.1) is 0 Å². The lowest BCUT2D eigenvalue weighted by atomic mass is 9.77. The molecule has 1 heteroatoms. The molecule has 0 aromatic heterocycles. The zero-order chi connectivity index (χ0) is 17.0. The predicted molar refractivity (Wildman–Crippen MR) is 105 cm³/mol. The molecular formula is C23H42O. The fourth-order valence-electron chi connectivity index (χ4n) is 4.66. The zero-order valence-electron chi connectivity index (χ0n) is 16.5. The summed E-state index contributed by atoms with van der Waals surface area (Å²) in [5.41, 5.74) is 0. The molecule has 0 unspecified atom stereocenters. The fourth-order valence-corrected chi connectivity index (χ4v) is 4.66. The third kappa shape index (κ3) is 7.72. The van der Waals surface area contributed by atoms with Gasteiger partial charge >= 0.3 is 0 Å². The van der Waals surface area contributed by atoms with Gasteiger partial charge in [-0.3, -0.25) is 0 Å². The van der Waals surface area contributed by atoms with E-state index >= 15 is 0 Å². The highest BCUT2D eigenvalue weighted by Crippen LogP contribution is 2.36. The third-order valence-electron chi connectivity index (χ3n) is 6.41. The number of hydrogen-bond acceptors (Lipinski definition) is 1. The van der Waals surface area contributed by atoms with E-state index in [9.17, 15) is 0 Å². The van der Waals surface area contributed by atoms with Crippen LogP contribution in [0.2, 0.25) is 0 Å². The van der Waals surface area contributed by atoms with Crippen LogP contribution in [0.4, 0.5) is 0 Å². The lowest BCUT2D eigenvalue weighted by molar-refractivity contribution is 0.0146. The Bertz CT molecular complexity index is 319. The average molecular weight is 335 g/mol. The molecular weight excluding hydrogens is 292 g/mol. The molecule has 1 nitrogen and oxygen atoms in total. The highest BCUT2D eigenvalue weighted by molar-refractivity contribution is 4.90. The van der Waals surface area contributed by atoms with Crippen LogP contribution in [-0.4, -0.2) is 12.7 Å². The summed E-state index contributed by atoms with van der Waals surface area (Å²) in [7, 11) is 0. The Balaban J connectivity index is 1.51. The second-order valence-corrected chi connectivity index (χ2v) is 8.42. The molecule has 0 radical (unpaired) electrons. The molecule has 0 aromatic rings. The molecule has 0 bridgehead atoms. The topological polar surface area (TPSA) is 9.23 Å². The summed E-state index contributed by atoms with van der Waals surface area (Å²) in [4.78, 5) is 0. The van der Waals surface area contributed by atoms with Gasteiger partial charge in [0, 0.05) is 6.61 Å². The Morgan fingerprint density at radius 2 is 1.42 bits per heavy atom. The number of unbranched alkanes of at least 4 members (excludes halogenated alkanes) is 2. The molecule has 2 aliphatic rings. The van der Waals surface area contributed by atoms with Crippen molar-refractivity contribution in [1.29, 1.82) is 0 Å². The third-order valence-corrected chi connectivity index (χ3v) is 6.41. The van der Waals surface area contributed by atoms with E-state index in [1.54, 1.807) is 0 Å². The van der Waals surface area contributed by atoms with E-state index in [0.717, 1.165) is 24.4 Å². The second kappa shape index (κ2) is 12.1. The zero-order valence-corrected chi connectivity index (χ0v) is 16.5. The fraction of sp³-hybridized carbons (Fsp3) is 0.913. The van der Waals surface area contributed by atoms with Gasteiger partial charge in [-0.05, 0) is 82.0 Å². The number of rotatable bonds is 10. The van der Waals surface area contributed by atoms with Crippen molar-refractivity contribution in [3.63, 3.8) is 0 Å². The lowest BCUT2D eigenvalue weighted by Gasteiger charge is -2.31. The predicted octanol–water partition coefficient (Wildman–Crippen LogP) is 7.30. The van der Waals surface area contributed by atoms with Crippen molar-refractivity contribution in [1.82, 2.24) is 0 Å². The van der Waals surface area contributed by atoms with Crippen LogP contribution in [0.1, 0.15) is 104 Å². The average Bonchev–Trinajstić information content (AvgIpc) is 2.64. The van der Waals surface area contributed by atoms with Gasteiger partial charge in [-0.25, -0.2) is 0 Å². The van der Waals surface area contributed by atoms with Crippen LogP contribution in [0.5, 0.6) is 0 Å². The van der Waals surface area contributed by atoms with Gasteiger partial charge in [0.25, 0.3) is 0 Å². The van der Waals surface area contributed by atoms with Crippen LogP contribution >= 0.6 is 0 Å². The van der Waals surface area contributed by atoms with Gasteiger partial charge < -0.3 is 4.74 Å². The Kier molecular flexibility index (Phi) is 10.1. The van der Waals surface area contributed by atoms with Gasteiger partial charge in [0.15, 0.2) is 0 Å². The summed E-state index contributed by atoms with van der Waals surface area (Å²) >= 11 is 0. The molecule has 2 fully saturated rings. The van der Waals surface area contributed by atoms with Gasteiger partial charge in [0.2, 0.25) is 0 Å². The van der Waals surface area contributed by atoms with E-state index in [-0.39, 0.29) is 0 Å². The van der Waals surface area contributed by atoms with Crippen molar-refractivity contribution >= 4 is 0 Å². The standard InChI is InChI=1S/C23H42O/c1-3-5-7-19-24-23-17-15-22(16-18-23)14-13-21-11-9-20(10-12-21)8-6-4-2/h6,8,20-23H,3-5,7,9-19H2,1-2H3. The smallest absolute Gasteiger partial charge is 0.0575 e. The van der Waals surface area contributed by atoms with Gasteiger partial charge in [0.05, 0.1) is 6.10 Å². The van der Waals surface area contributed by atoms with Crippen LogP contribution in [0.3, 0.4) is 0 Å². The minimum atomic E-state index is 0.582. The second-order valence-electron chi connectivity index (χ2n) is 8.42. The van der Waals surface area contributed by atoms with Crippen LogP contribution in [-0.2, 0) is 4.74 Å². The van der Waals surface area contributed by atoms with Gasteiger partial charge in [-0.1, -0.05) is 51.7 Å². The molecule has 0 spiro atoms. The maximum Gasteiger partial charge on any atom is 0.0575 e. The molecule has 0 heterocycles. The Morgan fingerprint density at radius 1 is 0.792 bits per heavy atom. The Hall–Kier alpha value is -0.300. The monoisotopic (exact) mass is 334 g/mol. The van der Waals surface area contributed by atoms with E-state index in [4.69, 9.17) is 4.74 Å². The molecule has 0 saturated heterocycles. The molecule has 0 N–H and O–H groups in total. The molecule has 140 valence electrons. The van der Waals surface area contributed by atoms with Crippen molar-refractivity contribution in [3.8, 4) is 0 Å². The largest absolute Gasteiger partial charge is 0.378 e. The normalized spacial score (nSPS) is 31.6. The molecule has 0 atom stereocenters. The summed E-state index contributed by atoms with van der Waals surface area (Å²) in [6, 6.07) is 0. The van der Waals surface area contributed by atoms with Crippen molar-refractivity contribution in [2.75, 3.05) is 6.61 Å². The summed E-state index contributed by atoms with van der Waals surface area (Å²) in [6.07, 6.45) is 24.8. The quantitative estimate of drug-likeness (QED) is 0.301. The highest BCUT2D eigenvalue weighted by atomic mass is 16.5. The summed E-state index contributed by atoms with van der Waals surface area (Å²) in [5.74, 6) is 2.92. The number of hydrogen-bond donors (Lipinski definition) is 0. The van der Waals surface area contributed by atoms with E-state index < -0.39 is 0 Å². The van der Waals surface area contributed by atoms with E-state index in [2.05, 4.69) is 26.0 Å². The first-order chi connectivity index (χ1) is 11.8. The maximum absolute atomic E-state index is 6.07. The van der Waals surface area contributed by atoms with Gasteiger partial charge in [0.1, 0.15) is 0 Å². The molecule has 2 aliphatic carbocycles.